The molecule has 0 N–H and O–H groups in total. The minimum absolute atomic E-state index is 0.703. The maximum atomic E-state index is 5.42. The SMILES string of the molecule is c1ccc(-c2ccc(-c3cc(-c4ccc(-c5nc6c7ccccc7ccc6c6c5sc5ccccc56)cc4)nc(-c4ccccc4)n3)cc2)cc1. The van der Waals surface area contributed by atoms with E-state index >= 15 is 0 Å². The third-order valence-electron chi connectivity index (χ3n) is 9.70. The summed E-state index contributed by atoms with van der Waals surface area (Å²) in [6.07, 6.45) is 0. The molecule has 0 saturated heterocycles. The number of rotatable bonds is 5. The topological polar surface area (TPSA) is 38.7 Å². The molecule has 3 nitrogen and oxygen atoms in total. The van der Waals surface area contributed by atoms with E-state index in [4.69, 9.17) is 15.0 Å². The molecule has 0 amide bonds. The van der Waals surface area contributed by atoms with E-state index < -0.39 is 0 Å². The van der Waals surface area contributed by atoms with Gasteiger partial charge in [0.2, 0.25) is 0 Å². The van der Waals surface area contributed by atoms with Crippen molar-refractivity contribution in [3.05, 3.63) is 176 Å². The highest BCUT2D eigenvalue weighted by atomic mass is 32.1. The van der Waals surface area contributed by atoms with Crippen molar-refractivity contribution in [2.75, 3.05) is 0 Å². The van der Waals surface area contributed by atoms with E-state index in [2.05, 4.69) is 152 Å². The van der Waals surface area contributed by atoms with E-state index in [0.717, 1.165) is 44.9 Å². The van der Waals surface area contributed by atoms with Crippen LogP contribution in [0.3, 0.4) is 0 Å². The van der Waals surface area contributed by atoms with Crippen molar-refractivity contribution < 1.29 is 0 Å². The van der Waals surface area contributed by atoms with Crippen molar-refractivity contribution in [3.63, 3.8) is 0 Å². The molecule has 3 heterocycles. The van der Waals surface area contributed by atoms with Gasteiger partial charge in [0.25, 0.3) is 0 Å². The van der Waals surface area contributed by atoms with E-state index in [9.17, 15) is 0 Å². The smallest absolute Gasteiger partial charge is 0.160 e. The highest BCUT2D eigenvalue weighted by Gasteiger charge is 2.18. The fourth-order valence-corrected chi connectivity index (χ4v) is 8.37. The van der Waals surface area contributed by atoms with Gasteiger partial charge >= 0.3 is 0 Å². The first-order valence-corrected chi connectivity index (χ1v) is 17.9. The van der Waals surface area contributed by atoms with Crippen molar-refractivity contribution in [1.82, 2.24) is 15.0 Å². The monoisotopic (exact) mass is 667 g/mol. The Morgan fingerprint density at radius 3 is 1.63 bits per heavy atom. The summed E-state index contributed by atoms with van der Waals surface area (Å²) in [5, 5.41) is 6.11. The lowest BCUT2D eigenvalue weighted by molar-refractivity contribution is 1.18. The zero-order chi connectivity index (χ0) is 33.7. The highest BCUT2D eigenvalue weighted by molar-refractivity contribution is 7.26. The zero-order valence-corrected chi connectivity index (χ0v) is 28.3. The molecule has 0 aliphatic rings. The molecule has 0 atom stereocenters. The summed E-state index contributed by atoms with van der Waals surface area (Å²) >= 11 is 1.82. The minimum atomic E-state index is 0.703. The molecule has 7 aromatic carbocycles. The summed E-state index contributed by atoms with van der Waals surface area (Å²) in [6.45, 7) is 0. The summed E-state index contributed by atoms with van der Waals surface area (Å²) in [4.78, 5) is 15.6. The number of thiophene rings is 1. The third kappa shape index (κ3) is 5.16. The quantitative estimate of drug-likeness (QED) is 0.171. The van der Waals surface area contributed by atoms with Crippen LogP contribution in [0.1, 0.15) is 0 Å². The number of hydrogen-bond donors (Lipinski definition) is 0. The number of pyridine rings is 1. The summed E-state index contributed by atoms with van der Waals surface area (Å²) in [7, 11) is 0. The van der Waals surface area contributed by atoms with Gasteiger partial charge in [0.05, 0.1) is 27.3 Å². The average molecular weight is 668 g/mol. The van der Waals surface area contributed by atoms with Crippen LogP contribution in [0.5, 0.6) is 0 Å². The number of fused-ring (bicyclic) bond motifs is 7. The van der Waals surface area contributed by atoms with E-state index in [1.54, 1.807) is 0 Å². The molecule has 0 bridgehead atoms. The highest BCUT2D eigenvalue weighted by Crippen LogP contribution is 2.44. The third-order valence-corrected chi connectivity index (χ3v) is 10.9. The van der Waals surface area contributed by atoms with Gasteiger partial charge in [0.1, 0.15) is 0 Å². The normalized spacial score (nSPS) is 11.5. The van der Waals surface area contributed by atoms with E-state index in [1.807, 2.05) is 35.6 Å². The molecule has 10 rings (SSSR count). The van der Waals surface area contributed by atoms with Gasteiger partial charge in [-0.1, -0.05) is 164 Å². The van der Waals surface area contributed by atoms with Crippen LogP contribution in [-0.2, 0) is 0 Å². The van der Waals surface area contributed by atoms with Crippen LogP contribution in [0.4, 0.5) is 0 Å². The van der Waals surface area contributed by atoms with Gasteiger partial charge < -0.3 is 0 Å². The summed E-state index contributed by atoms with van der Waals surface area (Å²) in [5.74, 6) is 0.703. The van der Waals surface area contributed by atoms with Gasteiger partial charge in [0, 0.05) is 48.5 Å². The van der Waals surface area contributed by atoms with Gasteiger partial charge in [-0.3, -0.25) is 0 Å². The zero-order valence-electron chi connectivity index (χ0n) is 27.5. The molecule has 10 aromatic rings. The van der Waals surface area contributed by atoms with Crippen LogP contribution in [0, 0.1) is 0 Å². The van der Waals surface area contributed by atoms with E-state index in [-0.39, 0.29) is 0 Å². The average Bonchev–Trinajstić information content (AvgIpc) is 3.61. The summed E-state index contributed by atoms with van der Waals surface area (Å²) in [5.41, 5.74) is 10.3. The Balaban J connectivity index is 1.11. The van der Waals surface area contributed by atoms with Crippen LogP contribution in [0.2, 0.25) is 0 Å². The van der Waals surface area contributed by atoms with Gasteiger partial charge in [0.15, 0.2) is 5.82 Å². The molecular weight excluding hydrogens is 639 g/mol. The molecule has 0 fully saturated rings. The molecule has 3 aromatic heterocycles. The van der Waals surface area contributed by atoms with Crippen LogP contribution in [0.25, 0.3) is 98.1 Å². The van der Waals surface area contributed by atoms with Crippen LogP contribution >= 0.6 is 11.3 Å². The maximum absolute atomic E-state index is 5.42. The van der Waals surface area contributed by atoms with Crippen molar-refractivity contribution in [1.29, 1.82) is 0 Å². The second kappa shape index (κ2) is 12.1. The first-order chi connectivity index (χ1) is 25.3. The molecule has 0 aliphatic carbocycles. The molecule has 0 saturated carbocycles. The number of hydrogen-bond acceptors (Lipinski definition) is 4. The molecule has 238 valence electrons. The molecule has 0 unspecified atom stereocenters. The number of aromatic nitrogens is 3. The molecule has 4 heteroatoms. The summed E-state index contributed by atoms with van der Waals surface area (Å²) in [6, 6.07) is 61.8. The van der Waals surface area contributed by atoms with Crippen molar-refractivity contribution >= 4 is 53.2 Å². The van der Waals surface area contributed by atoms with E-state index in [1.165, 1.54) is 47.5 Å². The van der Waals surface area contributed by atoms with Gasteiger partial charge in [-0.15, -0.1) is 11.3 Å². The molecule has 0 spiro atoms. The Bertz CT molecular complexity index is 2880. The Labute approximate surface area is 299 Å². The second-order valence-corrected chi connectivity index (χ2v) is 13.8. The Kier molecular flexibility index (Phi) is 7.00. The van der Waals surface area contributed by atoms with E-state index in [0.29, 0.717) is 5.82 Å². The lowest BCUT2D eigenvalue weighted by Crippen LogP contribution is -1.96. The first-order valence-electron chi connectivity index (χ1n) is 17.1. The largest absolute Gasteiger partial charge is 0.246 e. The molecule has 0 aliphatic heterocycles. The van der Waals surface area contributed by atoms with Gasteiger partial charge in [-0.2, -0.15) is 0 Å². The molecule has 0 radical (unpaired) electrons. The molecule has 51 heavy (non-hydrogen) atoms. The lowest BCUT2D eigenvalue weighted by Gasteiger charge is -2.12. The maximum Gasteiger partial charge on any atom is 0.160 e. The van der Waals surface area contributed by atoms with Gasteiger partial charge in [-0.05, 0) is 28.6 Å². The number of nitrogens with zero attached hydrogens (tertiary/aromatic N) is 3. The first kappa shape index (κ1) is 29.4. The Morgan fingerprint density at radius 1 is 0.373 bits per heavy atom. The van der Waals surface area contributed by atoms with Crippen LogP contribution < -0.4 is 0 Å². The fraction of sp³-hybridized carbons (Fsp3) is 0. The van der Waals surface area contributed by atoms with Gasteiger partial charge in [-0.25, -0.2) is 15.0 Å². The number of benzene rings is 7. The second-order valence-electron chi connectivity index (χ2n) is 12.8. The summed E-state index contributed by atoms with van der Waals surface area (Å²) < 4.78 is 2.48. The Hall–Kier alpha value is -6.49. The fourth-order valence-electron chi connectivity index (χ4n) is 7.14. The lowest BCUT2D eigenvalue weighted by atomic mass is 9.99. The minimum Gasteiger partial charge on any atom is -0.246 e. The van der Waals surface area contributed by atoms with Crippen molar-refractivity contribution in [2.45, 2.75) is 0 Å². The standard InChI is InChI=1S/C47H29N3S/c1-3-11-30(12-4-1)31-19-21-33(22-20-31)40-29-41(49-47(48-40)36-14-5-2-6-15-36)34-23-25-35(26-24-34)44-46-43(38-17-9-10-18-42(38)51-46)39-28-27-32-13-7-8-16-37(32)45(39)50-44/h1-29H. The predicted molar refractivity (Wildman–Crippen MR) is 215 cm³/mol. The van der Waals surface area contributed by atoms with Crippen molar-refractivity contribution in [2.24, 2.45) is 0 Å². The van der Waals surface area contributed by atoms with Crippen molar-refractivity contribution in [3.8, 4) is 56.3 Å². The predicted octanol–water partition coefficient (Wildman–Crippen LogP) is 12.9. The van der Waals surface area contributed by atoms with Crippen LogP contribution in [0.15, 0.2) is 176 Å². The Morgan fingerprint density at radius 2 is 0.922 bits per heavy atom. The van der Waals surface area contributed by atoms with Crippen LogP contribution in [-0.4, -0.2) is 15.0 Å². The molecular formula is C47H29N3S.